The summed E-state index contributed by atoms with van der Waals surface area (Å²) in [5.74, 6) is 1.44. The van der Waals surface area contributed by atoms with Gasteiger partial charge in [-0.05, 0) is 19.9 Å². The molecular formula is C12H10N8O. The molecule has 4 aromatic rings. The minimum absolute atomic E-state index is 0.232. The molecule has 0 aliphatic rings. The van der Waals surface area contributed by atoms with E-state index in [0.717, 1.165) is 0 Å². The number of fused-ring (bicyclic) bond motifs is 3. The summed E-state index contributed by atoms with van der Waals surface area (Å²) in [7, 11) is 0. The number of H-pyrrole nitrogens is 1. The lowest BCUT2D eigenvalue weighted by molar-refractivity contribution is 0.889. The van der Waals surface area contributed by atoms with Crippen molar-refractivity contribution >= 4 is 16.7 Å². The van der Waals surface area contributed by atoms with Crippen molar-refractivity contribution in [3.8, 4) is 5.95 Å². The topological polar surface area (TPSA) is 107 Å². The molecule has 4 aromatic heterocycles. The molecule has 0 bridgehead atoms. The Hall–Kier alpha value is -3.10. The van der Waals surface area contributed by atoms with E-state index in [0.29, 0.717) is 34.1 Å². The van der Waals surface area contributed by atoms with Gasteiger partial charge < -0.3 is 0 Å². The Kier molecular flexibility index (Phi) is 2.20. The van der Waals surface area contributed by atoms with Crippen LogP contribution in [0.25, 0.3) is 22.6 Å². The number of aryl methyl sites for hydroxylation is 2. The van der Waals surface area contributed by atoms with Gasteiger partial charge >= 0.3 is 0 Å². The Morgan fingerprint density at radius 1 is 1.24 bits per heavy atom. The van der Waals surface area contributed by atoms with Gasteiger partial charge in [0.05, 0.1) is 16.6 Å². The van der Waals surface area contributed by atoms with E-state index >= 15 is 0 Å². The molecule has 0 radical (unpaired) electrons. The molecule has 0 aliphatic carbocycles. The van der Waals surface area contributed by atoms with Crippen LogP contribution in [-0.2, 0) is 0 Å². The monoisotopic (exact) mass is 282 g/mol. The second-order valence-corrected chi connectivity index (χ2v) is 4.63. The minimum atomic E-state index is -0.232. The zero-order valence-electron chi connectivity index (χ0n) is 11.3. The fraction of sp³-hybridized carbons (Fsp3) is 0.167. The van der Waals surface area contributed by atoms with Gasteiger partial charge in [-0.2, -0.15) is 19.6 Å². The van der Waals surface area contributed by atoms with Gasteiger partial charge in [-0.3, -0.25) is 9.36 Å². The van der Waals surface area contributed by atoms with Crippen molar-refractivity contribution in [3.05, 3.63) is 40.5 Å². The number of hydrogen-bond acceptors (Lipinski definition) is 6. The fourth-order valence-electron chi connectivity index (χ4n) is 2.37. The summed E-state index contributed by atoms with van der Waals surface area (Å²) < 4.78 is 2.96. The molecule has 9 heteroatoms. The molecule has 0 fully saturated rings. The van der Waals surface area contributed by atoms with Crippen LogP contribution in [-0.4, -0.2) is 39.3 Å². The number of pyridine rings is 1. The summed E-state index contributed by atoms with van der Waals surface area (Å²) in [4.78, 5) is 25.2. The van der Waals surface area contributed by atoms with Crippen LogP contribution in [0, 0.1) is 13.8 Å². The average molecular weight is 282 g/mol. The molecule has 1 N–H and O–H groups in total. The Morgan fingerprint density at radius 2 is 2.10 bits per heavy atom. The maximum Gasteiger partial charge on any atom is 0.268 e. The normalized spacial score (nSPS) is 11.5. The van der Waals surface area contributed by atoms with Crippen molar-refractivity contribution in [1.82, 2.24) is 39.3 Å². The van der Waals surface area contributed by atoms with Gasteiger partial charge in [-0.1, -0.05) is 0 Å². The smallest absolute Gasteiger partial charge is 0.268 e. The largest absolute Gasteiger partial charge is 0.268 e. The second kappa shape index (κ2) is 3.95. The van der Waals surface area contributed by atoms with Crippen LogP contribution in [0.5, 0.6) is 0 Å². The predicted octanol–water partition coefficient (Wildman–Crippen LogP) is 0.163. The third-order valence-corrected chi connectivity index (χ3v) is 3.25. The highest BCUT2D eigenvalue weighted by atomic mass is 16.1. The van der Waals surface area contributed by atoms with E-state index in [9.17, 15) is 4.79 Å². The van der Waals surface area contributed by atoms with Gasteiger partial charge in [-0.15, -0.1) is 5.10 Å². The van der Waals surface area contributed by atoms with Crippen molar-refractivity contribution < 1.29 is 0 Å². The number of aromatic nitrogens is 8. The van der Waals surface area contributed by atoms with E-state index in [1.54, 1.807) is 30.6 Å². The van der Waals surface area contributed by atoms with Gasteiger partial charge in [0, 0.05) is 6.20 Å². The van der Waals surface area contributed by atoms with Crippen molar-refractivity contribution in [2.24, 2.45) is 0 Å². The highest BCUT2D eigenvalue weighted by Crippen LogP contribution is 2.14. The number of hydrogen-bond donors (Lipinski definition) is 1. The maximum atomic E-state index is 12.7. The van der Waals surface area contributed by atoms with Crippen LogP contribution in [0.2, 0.25) is 0 Å². The van der Waals surface area contributed by atoms with E-state index in [4.69, 9.17) is 0 Å². The van der Waals surface area contributed by atoms with Crippen LogP contribution >= 0.6 is 0 Å². The Labute approximate surface area is 117 Å². The number of nitrogens with one attached hydrogen (secondary N) is 1. The van der Waals surface area contributed by atoms with Gasteiger partial charge in [0.25, 0.3) is 11.3 Å². The third kappa shape index (κ3) is 1.57. The number of nitrogens with zero attached hydrogens (tertiary/aromatic N) is 7. The molecule has 0 saturated carbocycles. The maximum absolute atomic E-state index is 12.7. The van der Waals surface area contributed by atoms with Gasteiger partial charge in [0.1, 0.15) is 12.2 Å². The Morgan fingerprint density at radius 3 is 2.86 bits per heavy atom. The van der Waals surface area contributed by atoms with E-state index in [1.807, 2.05) is 0 Å². The van der Waals surface area contributed by atoms with Crippen LogP contribution in [0.15, 0.2) is 23.4 Å². The zero-order valence-corrected chi connectivity index (χ0v) is 11.3. The van der Waals surface area contributed by atoms with Crippen molar-refractivity contribution in [1.29, 1.82) is 0 Å². The van der Waals surface area contributed by atoms with E-state index in [1.165, 1.54) is 10.9 Å². The SMILES string of the molecule is Cc1nc2nc(C)c3c(=O)n(-c4ncn[nH]4)ccc3n2n1. The number of aromatic amines is 1. The van der Waals surface area contributed by atoms with Crippen LogP contribution < -0.4 is 5.56 Å². The lowest BCUT2D eigenvalue weighted by atomic mass is 10.2. The summed E-state index contributed by atoms with van der Waals surface area (Å²) in [6.45, 7) is 3.56. The van der Waals surface area contributed by atoms with Crippen molar-refractivity contribution in [3.63, 3.8) is 0 Å². The van der Waals surface area contributed by atoms with Crippen LogP contribution in [0.3, 0.4) is 0 Å². The summed E-state index contributed by atoms with van der Waals surface area (Å²) in [5, 5.41) is 11.2. The molecule has 4 rings (SSSR count). The van der Waals surface area contributed by atoms with E-state index in [-0.39, 0.29) is 5.56 Å². The molecule has 0 spiro atoms. The Balaban J connectivity index is 2.17. The summed E-state index contributed by atoms with van der Waals surface area (Å²) in [6.07, 6.45) is 2.97. The molecule has 0 unspecified atom stereocenters. The van der Waals surface area contributed by atoms with Crippen molar-refractivity contribution in [2.75, 3.05) is 0 Å². The molecule has 9 nitrogen and oxygen atoms in total. The standard InChI is InChI=1S/C12H10N8O/c1-6-9-8(20-12(15-6)16-7(2)18-20)3-4-19(10(9)21)11-13-5-14-17-11/h3-5H,1-2H3,(H,13,14,17). The second-order valence-electron chi connectivity index (χ2n) is 4.63. The molecule has 0 atom stereocenters. The highest BCUT2D eigenvalue weighted by Gasteiger charge is 2.14. The highest BCUT2D eigenvalue weighted by molar-refractivity contribution is 5.81. The van der Waals surface area contributed by atoms with Crippen LogP contribution in [0.1, 0.15) is 11.5 Å². The summed E-state index contributed by atoms with van der Waals surface area (Å²) in [6, 6.07) is 1.79. The van der Waals surface area contributed by atoms with Crippen LogP contribution in [0.4, 0.5) is 0 Å². The van der Waals surface area contributed by atoms with Crippen molar-refractivity contribution in [2.45, 2.75) is 13.8 Å². The van der Waals surface area contributed by atoms with Gasteiger partial charge in [-0.25, -0.2) is 10.1 Å². The lowest BCUT2D eigenvalue weighted by Crippen LogP contribution is -2.21. The zero-order chi connectivity index (χ0) is 14.6. The molecule has 0 saturated heterocycles. The van der Waals surface area contributed by atoms with Gasteiger partial charge in [0.2, 0.25) is 5.95 Å². The van der Waals surface area contributed by atoms with E-state index < -0.39 is 0 Å². The molecular weight excluding hydrogens is 272 g/mol. The lowest BCUT2D eigenvalue weighted by Gasteiger charge is -2.06. The first-order valence-corrected chi connectivity index (χ1v) is 6.26. The molecule has 0 aromatic carbocycles. The average Bonchev–Trinajstić information content (AvgIpc) is 3.07. The molecule has 104 valence electrons. The van der Waals surface area contributed by atoms with Gasteiger partial charge in [0.15, 0.2) is 0 Å². The van der Waals surface area contributed by atoms with E-state index in [2.05, 4.69) is 30.2 Å². The fourth-order valence-corrected chi connectivity index (χ4v) is 2.37. The molecule has 0 amide bonds. The summed E-state index contributed by atoms with van der Waals surface area (Å²) in [5.41, 5.74) is 1.03. The minimum Gasteiger partial charge on any atom is -0.268 e. The molecule has 0 aliphatic heterocycles. The molecule has 4 heterocycles. The Bertz CT molecular complexity index is 1030. The predicted molar refractivity (Wildman–Crippen MR) is 73.3 cm³/mol. The third-order valence-electron chi connectivity index (χ3n) is 3.25. The quantitative estimate of drug-likeness (QED) is 0.533. The molecule has 21 heavy (non-hydrogen) atoms. The summed E-state index contributed by atoms with van der Waals surface area (Å²) >= 11 is 0. The first kappa shape index (κ1) is 11.7. The first-order chi connectivity index (χ1) is 10.1. The first-order valence-electron chi connectivity index (χ1n) is 6.26. The number of rotatable bonds is 1.